The molecule has 1 aromatic rings. The van der Waals surface area contributed by atoms with Gasteiger partial charge in [-0.3, -0.25) is 4.79 Å². The molecule has 0 aromatic heterocycles. The lowest BCUT2D eigenvalue weighted by Gasteiger charge is -2.22. The Kier molecular flexibility index (Phi) is 4.13. The summed E-state index contributed by atoms with van der Waals surface area (Å²) in [6.45, 7) is 6.33. The van der Waals surface area contributed by atoms with Crippen LogP contribution in [0.5, 0.6) is 0 Å². The van der Waals surface area contributed by atoms with Crippen LogP contribution in [-0.2, 0) is 17.6 Å². The summed E-state index contributed by atoms with van der Waals surface area (Å²) < 4.78 is 0. The van der Waals surface area contributed by atoms with E-state index in [2.05, 4.69) is 28.8 Å². The van der Waals surface area contributed by atoms with Gasteiger partial charge in [-0.2, -0.15) is 0 Å². The molecule has 0 fully saturated rings. The van der Waals surface area contributed by atoms with E-state index < -0.39 is 0 Å². The molecule has 0 heterocycles. The summed E-state index contributed by atoms with van der Waals surface area (Å²) in [6, 6.07) is 6.36. The highest BCUT2D eigenvalue weighted by molar-refractivity contribution is 5.81. The predicted molar refractivity (Wildman–Crippen MR) is 79.5 cm³/mol. The van der Waals surface area contributed by atoms with E-state index in [9.17, 15) is 4.79 Å². The SMILES string of the molecule is CC(C)(C)NC(=O)CNc1cccc2c1CCCC2. The maximum absolute atomic E-state index is 11.8. The van der Waals surface area contributed by atoms with Crippen molar-refractivity contribution in [3.8, 4) is 0 Å². The number of aryl methyl sites for hydroxylation is 1. The van der Waals surface area contributed by atoms with Crippen LogP contribution in [0.25, 0.3) is 0 Å². The Morgan fingerprint density at radius 3 is 2.68 bits per heavy atom. The van der Waals surface area contributed by atoms with Gasteiger partial charge in [-0.05, 0) is 63.6 Å². The molecule has 1 aliphatic rings. The summed E-state index contributed by atoms with van der Waals surface area (Å²) in [7, 11) is 0. The van der Waals surface area contributed by atoms with Gasteiger partial charge in [0.05, 0.1) is 6.54 Å². The molecule has 0 bridgehead atoms. The standard InChI is InChI=1S/C16H24N2O/c1-16(2,3)18-15(19)11-17-14-10-6-8-12-7-4-5-9-13(12)14/h6,8,10,17H,4-5,7,9,11H2,1-3H3,(H,18,19). The van der Waals surface area contributed by atoms with Gasteiger partial charge in [0.1, 0.15) is 0 Å². The van der Waals surface area contributed by atoms with Gasteiger partial charge in [-0.1, -0.05) is 12.1 Å². The van der Waals surface area contributed by atoms with E-state index in [1.165, 1.54) is 30.4 Å². The van der Waals surface area contributed by atoms with E-state index in [-0.39, 0.29) is 11.4 Å². The lowest BCUT2D eigenvalue weighted by molar-refractivity contribution is -0.120. The lowest BCUT2D eigenvalue weighted by Crippen LogP contribution is -2.43. The number of carbonyl (C=O) groups is 1. The molecule has 2 rings (SSSR count). The van der Waals surface area contributed by atoms with Gasteiger partial charge in [-0.25, -0.2) is 0 Å². The van der Waals surface area contributed by atoms with Gasteiger partial charge in [0.15, 0.2) is 0 Å². The van der Waals surface area contributed by atoms with E-state index in [0.717, 1.165) is 12.1 Å². The van der Waals surface area contributed by atoms with Crippen LogP contribution >= 0.6 is 0 Å². The predicted octanol–water partition coefficient (Wildman–Crippen LogP) is 2.89. The van der Waals surface area contributed by atoms with Crippen molar-refractivity contribution in [2.75, 3.05) is 11.9 Å². The number of carbonyl (C=O) groups excluding carboxylic acids is 1. The molecule has 1 aliphatic carbocycles. The first-order chi connectivity index (χ1) is 8.96. The van der Waals surface area contributed by atoms with Crippen LogP contribution in [0.2, 0.25) is 0 Å². The van der Waals surface area contributed by atoms with Gasteiger partial charge in [0.25, 0.3) is 0 Å². The topological polar surface area (TPSA) is 41.1 Å². The van der Waals surface area contributed by atoms with Crippen molar-refractivity contribution in [1.29, 1.82) is 0 Å². The summed E-state index contributed by atoms with van der Waals surface area (Å²) >= 11 is 0. The van der Waals surface area contributed by atoms with Crippen molar-refractivity contribution in [2.45, 2.75) is 52.0 Å². The third-order valence-electron chi connectivity index (χ3n) is 3.35. The van der Waals surface area contributed by atoms with E-state index in [0.29, 0.717) is 6.54 Å². The Balaban J connectivity index is 1.98. The smallest absolute Gasteiger partial charge is 0.239 e. The number of anilines is 1. The number of hydrogen-bond acceptors (Lipinski definition) is 2. The molecule has 104 valence electrons. The number of benzene rings is 1. The number of nitrogens with one attached hydrogen (secondary N) is 2. The van der Waals surface area contributed by atoms with Crippen molar-refractivity contribution in [2.24, 2.45) is 0 Å². The molecule has 1 aromatic carbocycles. The molecule has 0 saturated carbocycles. The average Bonchev–Trinajstić information content (AvgIpc) is 2.34. The molecular weight excluding hydrogens is 236 g/mol. The van der Waals surface area contributed by atoms with E-state index in [1.54, 1.807) is 0 Å². The van der Waals surface area contributed by atoms with Gasteiger partial charge >= 0.3 is 0 Å². The fourth-order valence-corrected chi connectivity index (χ4v) is 2.58. The maximum atomic E-state index is 11.8. The third kappa shape index (κ3) is 3.98. The van der Waals surface area contributed by atoms with Crippen LogP contribution in [-0.4, -0.2) is 18.0 Å². The fraction of sp³-hybridized carbons (Fsp3) is 0.562. The summed E-state index contributed by atoms with van der Waals surface area (Å²) in [5, 5.41) is 6.25. The van der Waals surface area contributed by atoms with Crippen LogP contribution in [0.4, 0.5) is 5.69 Å². The van der Waals surface area contributed by atoms with E-state index in [1.807, 2.05) is 20.8 Å². The molecule has 1 amide bonds. The Labute approximate surface area is 115 Å². The quantitative estimate of drug-likeness (QED) is 0.877. The summed E-state index contributed by atoms with van der Waals surface area (Å²) in [4.78, 5) is 11.8. The Morgan fingerprint density at radius 2 is 1.95 bits per heavy atom. The Bertz CT molecular complexity index is 460. The monoisotopic (exact) mass is 260 g/mol. The van der Waals surface area contributed by atoms with E-state index in [4.69, 9.17) is 0 Å². The van der Waals surface area contributed by atoms with Crippen LogP contribution < -0.4 is 10.6 Å². The van der Waals surface area contributed by atoms with E-state index >= 15 is 0 Å². The average molecular weight is 260 g/mol. The molecular formula is C16H24N2O. The first-order valence-corrected chi connectivity index (χ1v) is 7.11. The number of hydrogen-bond donors (Lipinski definition) is 2. The highest BCUT2D eigenvalue weighted by Crippen LogP contribution is 2.27. The lowest BCUT2D eigenvalue weighted by atomic mass is 9.90. The molecule has 0 unspecified atom stereocenters. The zero-order valence-electron chi connectivity index (χ0n) is 12.2. The minimum atomic E-state index is -0.172. The molecule has 0 spiro atoms. The van der Waals surface area contributed by atoms with Crippen LogP contribution in [0, 0.1) is 0 Å². The van der Waals surface area contributed by atoms with Crippen LogP contribution in [0.3, 0.4) is 0 Å². The van der Waals surface area contributed by atoms with Crippen molar-refractivity contribution >= 4 is 11.6 Å². The highest BCUT2D eigenvalue weighted by atomic mass is 16.2. The molecule has 0 radical (unpaired) electrons. The fourth-order valence-electron chi connectivity index (χ4n) is 2.58. The molecule has 0 atom stereocenters. The summed E-state index contributed by atoms with van der Waals surface area (Å²) in [6.07, 6.45) is 4.82. The second-order valence-corrected chi connectivity index (χ2v) is 6.30. The maximum Gasteiger partial charge on any atom is 0.239 e. The zero-order chi connectivity index (χ0) is 13.9. The molecule has 0 aliphatic heterocycles. The van der Waals surface area contributed by atoms with Gasteiger partial charge in [0.2, 0.25) is 5.91 Å². The number of fused-ring (bicyclic) bond motifs is 1. The van der Waals surface area contributed by atoms with Gasteiger partial charge in [-0.15, -0.1) is 0 Å². The van der Waals surface area contributed by atoms with Crippen molar-refractivity contribution in [3.05, 3.63) is 29.3 Å². The first-order valence-electron chi connectivity index (χ1n) is 7.11. The second kappa shape index (κ2) is 5.64. The second-order valence-electron chi connectivity index (χ2n) is 6.30. The summed E-state index contributed by atoms with van der Waals surface area (Å²) in [5.74, 6) is 0.0425. The molecule has 2 N–H and O–H groups in total. The van der Waals surface area contributed by atoms with Crippen molar-refractivity contribution in [3.63, 3.8) is 0 Å². The highest BCUT2D eigenvalue weighted by Gasteiger charge is 2.15. The van der Waals surface area contributed by atoms with Gasteiger partial charge in [0, 0.05) is 11.2 Å². The number of amides is 1. The summed E-state index contributed by atoms with van der Waals surface area (Å²) in [5.41, 5.74) is 3.79. The van der Waals surface area contributed by atoms with Gasteiger partial charge < -0.3 is 10.6 Å². The normalized spacial score (nSPS) is 14.7. The van der Waals surface area contributed by atoms with Crippen LogP contribution in [0.15, 0.2) is 18.2 Å². The Morgan fingerprint density at radius 1 is 1.21 bits per heavy atom. The van der Waals surface area contributed by atoms with Crippen molar-refractivity contribution in [1.82, 2.24) is 5.32 Å². The minimum absolute atomic E-state index is 0.0425. The number of rotatable bonds is 3. The minimum Gasteiger partial charge on any atom is -0.376 e. The third-order valence-corrected chi connectivity index (χ3v) is 3.35. The first kappa shape index (κ1) is 13.9. The van der Waals surface area contributed by atoms with Crippen molar-refractivity contribution < 1.29 is 4.79 Å². The molecule has 0 saturated heterocycles. The zero-order valence-corrected chi connectivity index (χ0v) is 12.2. The molecule has 19 heavy (non-hydrogen) atoms. The Hall–Kier alpha value is -1.51. The largest absolute Gasteiger partial charge is 0.376 e. The molecule has 3 heteroatoms. The van der Waals surface area contributed by atoms with Crippen LogP contribution in [0.1, 0.15) is 44.7 Å². The molecule has 3 nitrogen and oxygen atoms in total.